The zero-order chi connectivity index (χ0) is 21.5. The second-order valence-electron chi connectivity index (χ2n) is 7.54. The number of fused-ring (bicyclic) bond motifs is 1. The van der Waals surface area contributed by atoms with Crippen LogP contribution in [0.5, 0.6) is 5.75 Å². The summed E-state index contributed by atoms with van der Waals surface area (Å²) >= 11 is 0. The molecule has 3 N–H and O–H groups in total. The third kappa shape index (κ3) is 5.83. The van der Waals surface area contributed by atoms with Crippen molar-refractivity contribution in [3.05, 3.63) is 53.6 Å². The zero-order valence-electron chi connectivity index (χ0n) is 17.3. The average molecular weight is 409 g/mol. The fraction of sp³-hybridized carbons (Fsp3) is 0.348. The van der Waals surface area contributed by atoms with E-state index in [9.17, 15) is 14.4 Å². The molecule has 0 aliphatic carbocycles. The first kappa shape index (κ1) is 21.4. The molecule has 0 saturated heterocycles. The minimum absolute atomic E-state index is 0.0123. The Kier molecular flexibility index (Phi) is 7.06. The first-order valence-corrected chi connectivity index (χ1v) is 10.2. The molecule has 0 saturated carbocycles. The normalized spacial score (nSPS) is 12.7. The Morgan fingerprint density at radius 1 is 1.13 bits per heavy atom. The number of benzene rings is 2. The van der Waals surface area contributed by atoms with E-state index >= 15 is 0 Å². The molecule has 3 rings (SSSR count). The highest BCUT2D eigenvalue weighted by Crippen LogP contribution is 2.27. The Bertz CT molecular complexity index is 940. The van der Waals surface area contributed by atoms with Crippen LogP contribution in [0.3, 0.4) is 0 Å². The average Bonchev–Trinajstić information content (AvgIpc) is 2.71. The van der Waals surface area contributed by atoms with Crippen LogP contribution >= 0.6 is 0 Å². The third-order valence-electron chi connectivity index (χ3n) is 4.65. The van der Waals surface area contributed by atoms with Gasteiger partial charge in [0.05, 0.1) is 17.9 Å². The number of nitrogens with one attached hydrogen (secondary N) is 3. The second-order valence-corrected chi connectivity index (χ2v) is 7.54. The number of hydrogen-bond donors (Lipinski definition) is 3. The van der Waals surface area contributed by atoms with E-state index in [2.05, 4.69) is 16.0 Å². The highest BCUT2D eigenvalue weighted by atomic mass is 16.5. The summed E-state index contributed by atoms with van der Waals surface area (Å²) in [5, 5.41) is 8.49. The molecule has 7 nitrogen and oxygen atoms in total. The highest BCUT2D eigenvalue weighted by Gasteiger charge is 2.16. The van der Waals surface area contributed by atoms with Crippen molar-refractivity contribution in [2.24, 2.45) is 0 Å². The maximum absolute atomic E-state index is 12.3. The minimum atomic E-state index is -0.215. The maximum Gasteiger partial charge on any atom is 0.253 e. The molecule has 1 heterocycles. The van der Waals surface area contributed by atoms with Crippen molar-refractivity contribution in [3.63, 3.8) is 0 Å². The van der Waals surface area contributed by atoms with E-state index in [0.717, 1.165) is 17.0 Å². The van der Waals surface area contributed by atoms with Crippen LogP contribution in [0.4, 0.5) is 11.4 Å². The maximum atomic E-state index is 12.3. The minimum Gasteiger partial charge on any atom is -0.494 e. The largest absolute Gasteiger partial charge is 0.494 e. The van der Waals surface area contributed by atoms with Crippen molar-refractivity contribution in [3.8, 4) is 5.75 Å². The van der Waals surface area contributed by atoms with Gasteiger partial charge in [0, 0.05) is 24.6 Å². The van der Waals surface area contributed by atoms with Gasteiger partial charge in [-0.15, -0.1) is 0 Å². The van der Waals surface area contributed by atoms with Crippen LogP contribution < -0.4 is 20.7 Å². The molecule has 0 aromatic heterocycles. The Hall–Kier alpha value is -3.35. The number of anilines is 2. The molecule has 158 valence electrons. The van der Waals surface area contributed by atoms with Gasteiger partial charge in [0.25, 0.3) is 5.91 Å². The molecule has 0 unspecified atom stereocenters. The van der Waals surface area contributed by atoms with Crippen molar-refractivity contribution in [2.75, 3.05) is 17.2 Å². The second kappa shape index (κ2) is 9.91. The molecular weight excluding hydrogens is 382 g/mol. The van der Waals surface area contributed by atoms with Crippen LogP contribution in [0, 0.1) is 0 Å². The van der Waals surface area contributed by atoms with E-state index in [1.807, 2.05) is 32.0 Å². The van der Waals surface area contributed by atoms with E-state index in [4.69, 9.17) is 4.74 Å². The summed E-state index contributed by atoms with van der Waals surface area (Å²) in [6.07, 6.45) is 2.00. The number of carbonyl (C=O) groups is 3. The lowest BCUT2D eigenvalue weighted by Gasteiger charge is -2.17. The molecule has 0 spiro atoms. The molecule has 2 aromatic rings. The van der Waals surface area contributed by atoms with E-state index in [1.165, 1.54) is 0 Å². The van der Waals surface area contributed by atoms with Crippen LogP contribution in [-0.4, -0.2) is 30.4 Å². The van der Waals surface area contributed by atoms with Crippen molar-refractivity contribution in [1.82, 2.24) is 5.32 Å². The predicted octanol–water partition coefficient (Wildman–Crippen LogP) is 3.51. The molecule has 0 atom stereocenters. The molecule has 0 fully saturated rings. The van der Waals surface area contributed by atoms with E-state index in [1.54, 1.807) is 24.3 Å². The third-order valence-corrected chi connectivity index (χ3v) is 4.65. The van der Waals surface area contributed by atoms with Crippen LogP contribution in [-0.2, 0) is 16.0 Å². The number of amides is 3. The molecule has 30 heavy (non-hydrogen) atoms. The zero-order valence-corrected chi connectivity index (χ0v) is 17.3. The number of para-hydroxylation sites is 1. The van der Waals surface area contributed by atoms with Crippen LogP contribution in [0.25, 0.3) is 0 Å². The molecule has 0 radical (unpaired) electrons. The van der Waals surface area contributed by atoms with E-state index in [-0.39, 0.29) is 30.2 Å². The van der Waals surface area contributed by atoms with Gasteiger partial charge >= 0.3 is 0 Å². The van der Waals surface area contributed by atoms with Gasteiger partial charge in [-0.05, 0) is 62.6 Å². The van der Waals surface area contributed by atoms with E-state index < -0.39 is 0 Å². The molecule has 7 heteroatoms. The summed E-state index contributed by atoms with van der Waals surface area (Å²) in [7, 11) is 0. The summed E-state index contributed by atoms with van der Waals surface area (Å²) in [5.41, 5.74) is 2.83. The number of aryl methyl sites for hydroxylation is 1. The molecular formula is C23H27N3O4. The van der Waals surface area contributed by atoms with Gasteiger partial charge in [-0.1, -0.05) is 12.1 Å². The fourth-order valence-electron chi connectivity index (χ4n) is 3.22. The number of hydrogen-bond acceptors (Lipinski definition) is 4. The van der Waals surface area contributed by atoms with Gasteiger partial charge in [0.1, 0.15) is 5.75 Å². The Morgan fingerprint density at radius 3 is 2.73 bits per heavy atom. The molecule has 3 amide bonds. The van der Waals surface area contributed by atoms with Crippen molar-refractivity contribution >= 4 is 29.1 Å². The topological polar surface area (TPSA) is 96.5 Å². The Morgan fingerprint density at radius 2 is 1.93 bits per heavy atom. The van der Waals surface area contributed by atoms with Crippen LogP contribution in [0.2, 0.25) is 0 Å². The van der Waals surface area contributed by atoms with Gasteiger partial charge < -0.3 is 20.7 Å². The van der Waals surface area contributed by atoms with Gasteiger partial charge in [-0.2, -0.15) is 0 Å². The Balaban J connectivity index is 1.47. The molecule has 2 aromatic carbocycles. The van der Waals surface area contributed by atoms with E-state index in [0.29, 0.717) is 37.1 Å². The molecule has 1 aliphatic rings. The standard InChI is InChI=1S/C23H27N3O4/c1-15(2)24-23(29)18-6-3-4-7-20(18)26-21(27)8-5-13-30-17-10-11-19-16(14-17)9-12-22(28)25-19/h3-4,6-7,10-11,14-15H,5,8-9,12-13H2,1-2H3,(H,24,29)(H,25,28)(H,26,27). The Labute approximate surface area is 176 Å². The highest BCUT2D eigenvalue weighted by molar-refractivity contribution is 6.03. The summed E-state index contributed by atoms with van der Waals surface area (Å²) in [6, 6.07) is 12.6. The summed E-state index contributed by atoms with van der Waals surface area (Å²) in [4.78, 5) is 36.0. The number of ether oxygens (including phenoxy) is 1. The first-order chi connectivity index (χ1) is 14.4. The van der Waals surface area contributed by atoms with Crippen molar-refractivity contribution in [1.29, 1.82) is 0 Å². The van der Waals surface area contributed by atoms with Crippen molar-refractivity contribution < 1.29 is 19.1 Å². The predicted molar refractivity (Wildman–Crippen MR) is 116 cm³/mol. The van der Waals surface area contributed by atoms with Crippen molar-refractivity contribution in [2.45, 2.75) is 45.6 Å². The molecule has 1 aliphatic heterocycles. The lowest BCUT2D eigenvalue weighted by molar-refractivity contribution is -0.117. The fourth-order valence-corrected chi connectivity index (χ4v) is 3.22. The van der Waals surface area contributed by atoms with Gasteiger partial charge in [-0.3, -0.25) is 14.4 Å². The lowest BCUT2D eigenvalue weighted by atomic mass is 10.0. The smallest absolute Gasteiger partial charge is 0.253 e. The monoisotopic (exact) mass is 409 g/mol. The van der Waals surface area contributed by atoms with Gasteiger partial charge in [0.15, 0.2) is 0 Å². The summed E-state index contributed by atoms with van der Waals surface area (Å²) < 4.78 is 5.75. The molecule has 0 bridgehead atoms. The van der Waals surface area contributed by atoms with Gasteiger partial charge in [0.2, 0.25) is 11.8 Å². The number of carbonyl (C=O) groups excluding carboxylic acids is 3. The van der Waals surface area contributed by atoms with Gasteiger partial charge in [-0.25, -0.2) is 0 Å². The van der Waals surface area contributed by atoms with Crippen LogP contribution in [0.15, 0.2) is 42.5 Å². The summed E-state index contributed by atoms with van der Waals surface area (Å²) in [5.74, 6) is 0.371. The first-order valence-electron chi connectivity index (χ1n) is 10.2. The summed E-state index contributed by atoms with van der Waals surface area (Å²) in [6.45, 7) is 4.17. The van der Waals surface area contributed by atoms with Crippen LogP contribution in [0.1, 0.15) is 49.0 Å². The number of rotatable bonds is 8. The quantitative estimate of drug-likeness (QED) is 0.581. The lowest BCUT2D eigenvalue weighted by Crippen LogP contribution is -2.31. The SMILES string of the molecule is CC(C)NC(=O)c1ccccc1NC(=O)CCCOc1ccc2c(c1)CCC(=O)N2.